The minimum Gasteiger partial charge on any atom is -0.454 e. The molecule has 0 bridgehead atoms. The molecule has 1 aromatic rings. The van der Waals surface area contributed by atoms with Gasteiger partial charge >= 0.3 is 0 Å². The summed E-state index contributed by atoms with van der Waals surface area (Å²) >= 11 is 0. The number of halogens is 1. The lowest BCUT2D eigenvalue weighted by Crippen LogP contribution is -2.29. The first kappa shape index (κ1) is 15.5. The van der Waals surface area contributed by atoms with Gasteiger partial charge in [-0.15, -0.1) is 12.4 Å². The van der Waals surface area contributed by atoms with E-state index >= 15 is 0 Å². The van der Waals surface area contributed by atoms with E-state index < -0.39 is 0 Å². The van der Waals surface area contributed by atoms with E-state index in [0.29, 0.717) is 12.8 Å². The summed E-state index contributed by atoms with van der Waals surface area (Å²) < 4.78 is 10.8. The van der Waals surface area contributed by atoms with Crippen LogP contribution in [0, 0.1) is 0 Å². The fraction of sp³-hybridized carbons (Fsp3) is 0.625. The van der Waals surface area contributed by atoms with Crippen molar-refractivity contribution in [1.82, 2.24) is 5.32 Å². The third-order valence-corrected chi connectivity index (χ3v) is 4.14. The molecule has 1 fully saturated rings. The minimum absolute atomic E-state index is 0. The molecule has 1 saturated carbocycles. The fourth-order valence-electron chi connectivity index (χ4n) is 2.97. The Labute approximate surface area is 127 Å². The maximum absolute atomic E-state index is 5.42. The summed E-state index contributed by atoms with van der Waals surface area (Å²) in [6.45, 7) is 1.29. The van der Waals surface area contributed by atoms with E-state index in [9.17, 15) is 0 Å². The Bertz CT molecular complexity index is 417. The monoisotopic (exact) mass is 297 g/mol. The van der Waals surface area contributed by atoms with Crippen LogP contribution in [0.5, 0.6) is 11.5 Å². The third kappa shape index (κ3) is 4.03. The standard InChI is InChI=1S/C16H23NO2.ClH/c1-2-4-6-14(7-5-3-1)17-11-13-8-9-15-16(10-13)19-12-18-15;/h8-10,14,17H,1-7,11-12H2;1H. The highest BCUT2D eigenvalue weighted by Crippen LogP contribution is 2.32. The van der Waals surface area contributed by atoms with Gasteiger partial charge in [0, 0.05) is 12.6 Å². The molecule has 4 heteroatoms. The molecule has 0 radical (unpaired) electrons. The van der Waals surface area contributed by atoms with E-state index in [1.54, 1.807) is 0 Å². The molecule has 1 aromatic carbocycles. The van der Waals surface area contributed by atoms with Gasteiger partial charge in [-0.3, -0.25) is 0 Å². The zero-order chi connectivity index (χ0) is 12.9. The van der Waals surface area contributed by atoms with E-state index in [-0.39, 0.29) is 12.4 Å². The van der Waals surface area contributed by atoms with Crippen molar-refractivity contribution in [2.75, 3.05) is 6.79 Å². The number of hydrogen-bond acceptors (Lipinski definition) is 3. The Kier molecular flexibility index (Phi) is 5.99. The average Bonchev–Trinajstić information content (AvgIpc) is 2.84. The first-order valence-corrected chi connectivity index (χ1v) is 7.54. The van der Waals surface area contributed by atoms with E-state index in [0.717, 1.165) is 18.0 Å². The highest BCUT2D eigenvalue weighted by atomic mass is 35.5. The Hall–Kier alpha value is -0.930. The third-order valence-electron chi connectivity index (χ3n) is 4.14. The summed E-state index contributed by atoms with van der Waals surface area (Å²) in [4.78, 5) is 0. The molecule has 0 aromatic heterocycles. The Morgan fingerprint density at radius 1 is 0.950 bits per heavy atom. The number of rotatable bonds is 3. The zero-order valence-corrected chi connectivity index (χ0v) is 12.7. The van der Waals surface area contributed by atoms with Crippen LogP contribution in [0.15, 0.2) is 18.2 Å². The van der Waals surface area contributed by atoms with E-state index in [2.05, 4.69) is 17.4 Å². The van der Waals surface area contributed by atoms with Crippen molar-refractivity contribution in [2.45, 2.75) is 57.5 Å². The smallest absolute Gasteiger partial charge is 0.231 e. The maximum Gasteiger partial charge on any atom is 0.231 e. The topological polar surface area (TPSA) is 30.5 Å². The van der Waals surface area contributed by atoms with Crippen LogP contribution in [0.4, 0.5) is 0 Å². The molecule has 112 valence electrons. The minimum atomic E-state index is 0. The molecule has 1 aliphatic heterocycles. The largest absolute Gasteiger partial charge is 0.454 e. The van der Waals surface area contributed by atoms with Gasteiger partial charge in [-0.1, -0.05) is 38.2 Å². The van der Waals surface area contributed by atoms with Gasteiger partial charge in [-0.25, -0.2) is 0 Å². The molecule has 1 aliphatic carbocycles. The van der Waals surface area contributed by atoms with E-state index in [1.807, 2.05) is 6.07 Å². The molecular formula is C16H24ClNO2. The SMILES string of the molecule is Cl.c1cc2c(cc1CNC1CCCCCCC1)OCO2. The summed E-state index contributed by atoms with van der Waals surface area (Å²) in [6.07, 6.45) is 9.63. The molecule has 1 heterocycles. The molecule has 2 aliphatic rings. The molecule has 0 saturated heterocycles. The predicted octanol–water partition coefficient (Wildman–Crippen LogP) is 4.04. The van der Waals surface area contributed by atoms with E-state index in [1.165, 1.54) is 50.5 Å². The van der Waals surface area contributed by atoms with E-state index in [4.69, 9.17) is 9.47 Å². The van der Waals surface area contributed by atoms with Crippen molar-refractivity contribution in [3.63, 3.8) is 0 Å². The summed E-state index contributed by atoms with van der Waals surface area (Å²) in [7, 11) is 0. The second-order valence-corrected chi connectivity index (χ2v) is 5.61. The fourth-order valence-corrected chi connectivity index (χ4v) is 2.97. The van der Waals surface area contributed by atoms with Crippen LogP contribution < -0.4 is 14.8 Å². The summed E-state index contributed by atoms with van der Waals surface area (Å²) in [5, 5.41) is 3.70. The second-order valence-electron chi connectivity index (χ2n) is 5.61. The number of benzene rings is 1. The molecule has 0 unspecified atom stereocenters. The van der Waals surface area contributed by atoms with Crippen LogP contribution >= 0.6 is 12.4 Å². The van der Waals surface area contributed by atoms with Gasteiger partial charge in [-0.05, 0) is 30.5 Å². The Morgan fingerprint density at radius 2 is 1.65 bits per heavy atom. The maximum atomic E-state index is 5.42. The van der Waals surface area contributed by atoms with Crippen molar-refractivity contribution < 1.29 is 9.47 Å². The van der Waals surface area contributed by atoms with Gasteiger partial charge in [0.05, 0.1) is 0 Å². The first-order chi connectivity index (χ1) is 9.42. The zero-order valence-electron chi connectivity index (χ0n) is 11.9. The summed E-state index contributed by atoms with van der Waals surface area (Å²) in [6, 6.07) is 6.92. The van der Waals surface area contributed by atoms with Gasteiger partial charge in [0.25, 0.3) is 0 Å². The van der Waals surface area contributed by atoms with Gasteiger partial charge in [0.1, 0.15) is 0 Å². The number of hydrogen-bond donors (Lipinski definition) is 1. The van der Waals surface area contributed by atoms with Crippen molar-refractivity contribution in [2.24, 2.45) is 0 Å². The Balaban J connectivity index is 0.00000147. The van der Waals surface area contributed by atoms with Gasteiger partial charge in [0.15, 0.2) is 11.5 Å². The predicted molar refractivity (Wildman–Crippen MR) is 82.8 cm³/mol. The highest BCUT2D eigenvalue weighted by Gasteiger charge is 2.14. The molecule has 3 nitrogen and oxygen atoms in total. The molecule has 0 spiro atoms. The molecule has 3 rings (SSSR count). The van der Waals surface area contributed by atoms with Crippen LogP contribution in [-0.4, -0.2) is 12.8 Å². The Morgan fingerprint density at radius 3 is 2.45 bits per heavy atom. The quantitative estimate of drug-likeness (QED) is 0.913. The van der Waals surface area contributed by atoms with Crippen LogP contribution in [0.3, 0.4) is 0 Å². The van der Waals surface area contributed by atoms with Gasteiger partial charge < -0.3 is 14.8 Å². The van der Waals surface area contributed by atoms with Gasteiger partial charge in [0.2, 0.25) is 6.79 Å². The average molecular weight is 298 g/mol. The van der Waals surface area contributed by atoms with Crippen molar-refractivity contribution in [1.29, 1.82) is 0 Å². The summed E-state index contributed by atoms with van der Waals surface area (Å²) in [5.41, 5.74) is 1.28. The molecule has 0 amide bonds. The number of fused-ring (bicyclic) bond motifs is 1. The highest BCUT2D eigenvalue weighted by molar-refractivity contribution is 5.85. The van der Waals surface area contributed by atoms with Crippen LogP contribution in [0.25, 0.3) is 0 Å². The summed E-state index contributed by atoms with van der Waals surface area (Å²) in [5.74, 6) is 1.76. The first-order valence-electron chi connectivity index (χ1n) is 7.54. The van der Waals surface area contributed by atoms with Crippen molar-refractivity contribution in [3.05, 3.63) is 23.8 Å². The molecular weight excluding hydrogens is 274 g/mol. The lowest BCUT2D eigenvalue weighted by Gasteiger charge is -2.21. The lowest BCUT2D eigenvalue weighted by atomic mass is 9.96. The lowest BCUT2D eigenvalue weighted by molar-refractivity contribution is 0.174. The molecule has 0 atom stereocenters. The normalized spacial score (nSPS) is 19.0. The molecule has 20 heavy (non-hydrogen) atoms. The second kappa shape index (κ2) is 7.75. The molecule has 1 N–H and O–H groups in total. The van der Waals surface area contributed by atoms with Gasteiger partial charge in [-0.2, -0.15) is 0 Å². The number of nitrogens with one attached hydrogen (secondary N) is 1. The van der Waals surface area contributed by atoms with Crippen molar-refractivity contribution in [3.8, 4) is 11.5 Å². The van der Waals surface area contributed by atoms with Crippen molar-refractivity contribution >= 4 is 12.4 Å². The number of ether oxygens (including phenoxy) is 2. The van der Waals surface area contributed by atoms with Crippen LogP contribution in [-0.2, 0) is 6.54 Å². The van der Waals surface area contributed by atoms with Crippen LogP contribution in [0.2, 0.25) is 0 Å². The van der Waals surface area contributed by atoms with Crippen LogP contribution in [0.1, 0.15) is 50.5 Å².